The van der Waals surface area contributed by atoms with Crippen molar-refractivity contribution in [3.63, 3.8) is 0 Å². The van der Waals surface area contributed by atoms with Gasteiger partial charge in [0.2, 0.25) is 0 Å². The molecule has 10 heavy (non-hydrogen) atoms. The summed E-state index contributed by atoms with van der Waals surface area (Å²) >= 11 is 0. The van der Waals surface area contributed by atoms with E-state index in [2.05, 4.69) is 6.92 Å². The zero-order chi connectivity index (χ0) is 8.08. The van der Waals surface area contributed by atoms with E-state index in [9.17, 15) is 0 Å². The minimum Gasteiger partial charge on any atom is -0.481 e. The molecular formula is C2H5FeO6S. The molecule has 0 rings (SSSR count). The summed E-state index contributed by atoms with van der Waals surface area (Å²) in [6.45, 7) is 2.56. The number of aliphatic carboxylic acids is 1. The molecule has 0 fully saturated rings. The monoisotopic (exact) mass is 213 g/mol. The van der Waals surface area contributed by atoms with Gasteiger partial charge in [0.05, 0.1) is 6.92 Å². The van der Waals surface area contributed by atoms with Gasteiger partial charge in [0.15, 0.2) is 0 Å². The van der Waals surface area contributed by atoms with Crippen LogP contribution >= 0.6 is 0 Å². The van der Waals surface area contributed by atoms with E-state index >= 15 is 0 Å². The summed E-state index contributed by atoms with van der Waals surface area (Å²) in [6.07, 6.45) is 0. The molecule has 63 valence electrons. The molecule has 0 saturated heterocycles. The maximum atomic E-state index is 8.89. The van der Waals surface area contributed by atoms with Crippen LogP contribution in [0.4, 0.5) is 0 Å². The average Bonchev–Trinajstić information content (AvgIpc) is 1.19. The molecule has 0 unspecified atom stereocenters. The van der Waals surface area contributed by atoms with Crippen LogP contribution in [0.2, 0.25) is 0 Å². The van der Waals surface area contributed by atoms with Crippen molar-refractivity contribution in [2.45, 2.75) is 0 Å². The topological polar surface area (TPSA) is 112 Å². The van der Waals surface area contributed by atoms with E-state index in [1.807, 2.05) is 0 Å². The largest absolute Gasteiger partial charge is 0.481 e. The zero-order valence-electron chi connectivity index (χ0n) is 4.54. The van der Waals surface area contributed by atoms with Gasteiger partial charge in [-0.15, -0.1) is 0 Å². The molecule has 0 spiro atoms. The molecule has 3 N–H and O–H groups in total. The second kappa shape index (κ2) is 6.97. The van der Waals surface area contributed by atoms with Crippen LogP contribution in [0.5, 0.6) is 0 Å². The van der Waals surface area contributed by atoms with Crippen LogP contribution in [0.1, 0.15) is 0 Å². The Morgan fingerprint density at radius 1 is 1.30 bits per heavy atom. The van der Waals surface area contributed by atoms with Crippen molar-refractivity contribution in [1.82, 2.24) is 0 Å². The summed E-state index contributed by atoms with van der Waals surface area (Å²) in [5.41, 5.74) is 0. The van der Waals surface area contributed by atoms with Crippen molar-refractivity contribution >= 4 is 16.4 Å². The number of carbonyl (C=O) groups is 1. The summed E-state index contributed by atoms with van der Waals surface area (Å²) in [7, 11) is -4.67. The normalized spacial score (nSPS) is 8.30. The van der Waals surface area contributed by atoms with E-state index in [1.165, 1.54) is 0 Å². The average molecular weight is 213 g/mol. The summed E-state index contributed by atoms with van der Waals surface area (Å²) in [4.78, 5) is 8.89. The first kappa shape index (κ1) is 16.4. The first-order chi connectivity index (χ1) is 3.73. The van der Waals surface area contributed by atoms with Crippen molar-refractivity contribution in [3.8, 4) is 0 Å². The molecule has 6 nitrogen and oxygen atoms in total. The van der Waals surface area contributed by atoms with Gasteiger partial charge in [-0.3, -0.25) is 13.9 Å². The Bertz CT molecular complexity index is 158. The third-order valence-electron chi connectivity index (χ3n) is 0. The van der Waals surface area contributed by atoms with Crippen LogP contribution in [0, 0.1) is 6.92 Å². The number of carboxylic acid groups (broad SMARTS) is 1. The Balaban J connectivity index is -0.0000000910. The van der Waals surface area contributed by atoms with Gasteiger partial charge in [-0.2, -0.15) is 8.42 Å². The van der Waals surface area contributed by atoms with E-state index in [0.29, 0.717) is 0 Å². The van der Waals surface area contributed by atoms with Gasteiger partial charge in [0.1, 0.15) is 0 Å². The smallest absolute Gasteiger partial charge is 0.394 e. The molecular weight excluding hydrogens is 208 g/mol. The number of hydrogen-bond acceptors (Lipinski definition) is 3. The Hall–Kier alpha value is -0.141. The second-order valence-corrected chi connectivity index (χ2v) is 1.74. The van der Waals surface area contributed by atoms with E-state index in [4.69, 9.17) is 27.4 Å². The van der Waals surface area contributed by atoms with Crippen molar-refractivity contribution in [3.05, 3.63) is 6.92 Å². The standard InChI is InChI=1S/C2H3O2.Fe.H2O4S/c1-2(3)4;;1-5(2,3)4/h1H2,(H,3,4);;(H2,1,2,3,4). The molecule has 0 saturated carbocycles. The Labute approximate surface area is 68.3 Å². The molecule has 0 aromatic heterocycles. The molecule has 0 aliphatic heterocycles. The number of carboxylic acids is 1. The van der Waals surface area contributed by atoms with Crippen LogP contribution in [-0.4, -0.2) is 28.6 Å². The molecule has 0 aliphatic rings. The van der Waals surface area contributed by atoms with Crippen molar-refractivity contribution < 1.29 is 44.5 Å². The second-order valence-electron chi connectivity index (χ2n) is 0.842. The fourth-order valence-corrected chi connectivity index (χ4v) is 0. The van der Waals surface area contributed by atoms with Gasteiger partial charge in [0, 0.05) is 17.1 Å². The van der Waals surface area contributed by atoms with Crippen LogP contribution in [0.3, 0.4) is 0 Å². The summed E-state index contributed by atoms with van der Waals surface area (Å²) in [6, 6.07) is 0. The SMILES string of the molecule is O=S(=O)(O)O.[CH2]C(=O)O.[Fe]. The molecule has 0 heterocycles. The van der Waals surface area contributed by atoms with Gasteiger partial charge in [0.25, 0.3) is 0 Å². The molecule has 8 heteroatoms. The van der Waals surface area contributed by atoms with E-state index in [1.54, 1.807) is 0 Å². The van der Waals surface area contributed by atoms with Crippen molar-refractivity contribution in [2.75, 3.05) is 0 Å². The Morgan fingerprint density at radius 3 is 1.30 bits per heavy atom. The molecule has 0 aromatic carbocycles. The molecule has 0 amide bonds. The first-order valence-electron chi connectivity index (χ1n) is 1.48. The van der Waals surface area contributed by atoms with E-state index < -0.39 is 16.4 Å². The minimum absolute atomic E-state index is 0. The predicted molar refractivity (Wildman–Crippen MR) is 27.2 cm³/mol. The van der Waals surface area contributed by atoms with Crippen LogP contribution in [0.15, 0.2) is 0 Å². The van der Waals surface area contributed by atoms with Crippen molar-refractivity contribution in [2.24, 2.45) is 0 Å². The van der Waals surface area contributed by atoms with Gasteiger partial charge in [-0.05, 0) is 0 Å². The fourth-order valence-electron chi connectivity index (χ4n) is 0. The number of rotatable bonds is 0. The van der Waals surface area contributed by atoms with Crippen LogP contribution < -0.4 is 0 Å². The molecule has 1 radical (unpaired) electrons. The maximum Gasteiger partial charge on any atom is 0.394 e. The molecule has 0 aliphatic carbocycles. The fraction of sp³-hybridized carbons (Fsp3) is 0. The quantitative estimate of drug-likeness (QED) is 0.360. The molecule has 0 aromatic rings. The molecule has 0 bridgehead atoms. The van der Waals surface area contributed by atoms with Gasteiger partial charge >= 0.3 is 16.4 Å². The van der Waals surface area contributed by atoms with Gasteiger partial charge in [-0.25, -0.2) is 0 Å². The van der Waals surface area contributed by atoms with E-state index in [-0.39, 0.29) is 17.1 Å². The predicted octanol–water partition coefficient (Wildman–Crippen LogP) is -0.750. The summed E-state index contributed by atoms with van der Waals surface area (Å²) < 4.78 is 31.6. The maximum absolute atomic E-state index is 8.89. The van der Waals surface area contributed by atoms with Gasteiger partial charge in [-0.1, -0.05) is 0 Å². The third-order valence-corrected chi connectivity index (χ3v) is 0. The molecule has 0 atom stereocenters. The van der Waals surface area contributed by atoms with Gasteiger partial charge < -0.3 is 5.11 Å². The van der Waals surface area contributed by atoms with Crippen LogP contribution in [0.25, 0.3) is 0 Å². The summed E-state index contributed by atoms with van der Waals surface area (Å²) in [5, 5.41) is 7.31. The van der Waals surface area contributed by atoms with E-state index in [0.717, 1.165) is 0 Å². The summed E-state index contributed by atoms with van der Waals surface area (Å²) in [5.74, 6) is -1.08. The Kier molecular flexibility index (Phi) is 11.5. The minimum atomic E-state index is -4.67. The Morgan fingerprint density at radius 2 is 1.30 bits per heavy atom. The third kappa shape index (κ3) is 18700. The zero-order valence-corrected chi connectivity index (χ0v) is 6.46. The number of hydrogen-bond donors (Lipinski definition) is 3. The van der Waals surface area contributed by atoms with Crippen molar-refractivity contribution in [1.29, 1.82) is 0 Å². The van der Waals surface area contributed by atoms with Crippen LogP contribution in [-0.2, 0) is 32.3 Å². The first-order valence-corrected chi connectivity index (χ1v) is 2.88.